The fourth-order valence-corrected chi connectivity index (χ4v) is 6.53. The lowest BCUT2D eigenvalue weighted by molar-refractivity contribution is -0.144. The zero-order valence-electron chi connectivity index (χ0n) is 31.7. The normalized spacial score (nSPS) is 14.5. The number of halogens is 1. The number of ether oxygens (including phenoxy) is 1. The lowest BCUT2D eigenvalue weighted by atomic mass is 10.1. The van der Waals surface area contributed by atoms with Crippen LogP contribution in [0.5, 0.6) is 0 Å². The summed E-state index contributed by atoms with van der Waals surface area (Å²) in [6.07, 6.45) is 49.1. The number of carbonyl (C=O) groups excluding carboxylic acids is 1. The minimum Gasteiger partial charge on any atom is -1.00 e. The van der Waals surface area contributed by atoms with E-state index < -0.39 is 0 Å². The Bertz CT molecular complexity index is 772. The number of esters is 1. The van der Waals surface area contributed by atoms with Crippen LogP contribution in [0.3, 0.4) is 0 Å². The van der Waals surface area contributed by atoms with Crippen LogP contribution in [0, 0.1) is 0 Å². The molecule has 6 heteroatoms. The van der Waals surface area contributed by atoms with E-state index in [4.69, 9.17) is 4.74 Å². The van der Waals surface area contributed by atoms with Gasteiger partial charge in [0.2, 0.25) is 0 Å². The van der Waals surface area contributed by atoms with Crippen molar-refractivity contribution in [2.45, 2.75) is 200 Å². The van der Waals surface area contributed by atoms with Crippen LogP contribution in [0.25, 0.3) is 0 Å². The Hall–Kier alpha value is -1.46. The van der Waals surface area contributed by atoms with Crippen LogP contribution in [0.1, 0.15) is 194 Å². The summed E-state index contributed by atoms with van der Waals surface area (Å²) in [5, 5.41) is 9.54. The molecule has 0 aromatic carbocycles. The van der Waals surface area contributed by atoms with Crippen LogP contribution in [0.4, 0.5) is 0 Å². The summed E-state index contributed by atoms with van der Waals surface area (Å²) in [5.74, 6) is -0.0631. The molecule has 0 bridgehead atoms. The summed E-state index contributed by atoms with van der Waals surface area (Å²) in [5.41, 5.74) is 0. The molecule has 1 heterocycles. The molecule has 282 valence electrons. The first-order valence-corrected chi connectivity index (χ1v) is 20.5. The van der Waals surface area contributed by atoms with Crippen LogP contribution in [-0.2, 0) is 9.53 Å². The van der Waals surface area contributed by atoms with E-state index >= 15 is 0 Å². The molecule has 1 N–H and O–H groups in total. The van der Waals surface area contributed by atoms with Gasteiger partial charge < -0.3 is 32.1 Å². The second-order valence-corrected chi connectivity index (χ2v) is 13.9. The van der Waals surface area contributed by atoms with Crippen LogP contribution in [-0.4, -0.2) is 53.3 Å². The Morgan fingerprint density at radius 1 is 0.583 bits per heavy atom. The molecule has 1 aliphatic heterocycles. The highest BCUT2D eigenvalue weighted by Crippen LogP contribution is 2.22. The third-order valence-corrected chi connectivity index (χ3v) is 9.55. The first-order chi connectivity index (χ1) is 23.2. The van der Waals surface area contributed by atoms with E-state index in [0.29, 0.717) is 26.1 Å². The standard InChI is InChI=1S/C42H78N2O3.ClH/c1-3-5-7-9-11-13-15-17-19-21-23-25-27-29-31-33-41-43(37-39-45)35-36-44(41)38-40-47-42(46)34-32-30-28-26-24-22-20-18-16-14-12-10-8-6-4-2;/h17-20,35-36,41,45H,3-16,21-34,37-40H2,1-2H3;1H/p-1/b19-17-,20-18-;. The first kappa shape index (κ1) is 46.5. The van der Waals surface area contributed by atoms with Crippen molar-refractivity contribution in [3.05, 3.63) is 36.7 Å². The molecule has 1 unspecified atom stereocenters. The quantitative estimate of drug-likeness (QED) is 0.0408. The van der Waals surface area contributed by atoms with E-state index in [1.165, 1.54) is 154 Å². The Morgan fingerprint density at radius 2 is 0.979 bits per heavy atom. The van der Waals surface area contributed by atoms with E-state index in [0.717, 1.165) is 19.3 Å². The predicted molar refractivity (Wildman–Crippen MR) is 203 cm³/mol. The third kappa shape index (κ3) is 28.4. The summed E-state index contributed by atoms with van der Waals surface area (Å²) in [6, 6.07) is 0. The zero-order valence-corrected chi connectivity index (χ0v) is 32.5. The van der Waals surface area contributed by atoms with Gasteiger partial charge in [0.15, 0.2) is 0 Å². The number of hydrogen-bond acceptors (Lipinski definition) is 5. The van der Waals surface area contributed by atoms with Crippen molar-refractivity contribution in [1.29, 1.82) is 0 Å². The molecule has 1 rings (SSSR count). The maximum Gasteiger partial charge on any atom is 0.305 e. The van der Waals surface area contributed by atoms with Gasteiger partial charge in [-0.25, -0.2) is 0 Å². The molecule has 1 atom stereocenters. The average Bonchev–Trinajstić information content (AvgIpc) is 3.45. The molecule has 5 nitrogen and oxygen atoms in total. The molecule has 0 aliphatic carbocycles. The fourth-order valence-electron chi connectivity index (χ4n) is 6.53. The maximum atomic E-state index is 12.3. The summed E-state index contributed by atoms with van der Waals surface area (Å²) in [6.45, 7) is 6.51. The van der Waals surface area contributed by atoms with Crippen LogP contribution in [0.15, 0.2) is 36.7 Å². The lowest BCUT2D eigenvalue weighted by Crippen LogP contribution is -3.00. The second kappa shape index (κ2) is 36.8. The van der Waals surface area contributed by atoms with Crippen molar-refractivity contribution >= 4 is 5.97 Å². The van der Waals surface area contributed by atoms with Crippen LogP contribution in [0.2, 0.25) is 0 Å². The van der Waals surface area contributed by atoms with E-state index in [2.05, 4.69) is 60.4 Å². The number of nitrogens with zero attached hydrogens (tertiary/aromatic N) is 2. The molecular weight excluding hydrogens is 616 g/mol. The van der Waals surface area contributed by atoms with Gasteiger partial charge in [0.05, 0.1) is 13.2 Å². The van der Waals surface area contributed by atoms with E-state index in [1.54, 1.807) is 0 Å². The second-order valence-electron chi connectivity index (χ2n) is 13.9. The Kier molecular flexibility index (Phi) is 35.7. The number of allylic oxidation sites excluding steroid dienone is 4. The third-order valence-electron chi connectivity index (χ3n) is 9.55. The SMILES string of the molecule is CCCCCCCC/C=C\CCCCCCCC(=O)OCCN1C=CN(CCO)C1CCCCCCC/C=C\CCCCCCCC.[Cl-]. The van der Waals surface area contributed by atoms with E-state index in [1.807, 2.05) is 0 Å². The monoisotopic (exact) mass is 694 g/mol. The van der Waals surface area contributed by atoms with Crippen molar-refractivity contribution in [2.24, 2.45) is 0 Å². The summed E-state index contributed by atoms with van der Waals surface area (Å²) < 4.78 is 5.60. The summed E-state index contributed by atoms with van der Waals surface area (Å²) in [7, 11) is 0. The lowest BCUT2D eigenvalue weighted by Gasteiger charge is -2.32. The van der Waals surface area contributed by atoms with Crippen LogP contribution >= 0.6 is 0 Å². The molecule has 0 spiro atoms. The molecular formula is C42H78ClN2O3-. The van der Waals surface area contributed by atoms with Crippen molar-refractivity contribution in [3.63, 3.8) is 0 Å². The van der Waals surface area contributed by atoms with Gasteiger partial charge in [-0.2, -0.15) is 0 Å². The predicted octanol–water partition coefficient (Wildman–Crippen LogP) is 9.02. The van der Waals surface area contributed by atoms with Crippen molar-refractivity contribution < 1.29 is 27.0 Å². The van der Waals surface area contributed by atoms with E-state index in [9.17, 15) is 9.90 Å². The Balaban J connectivity index is 0.0000221. The van der Waals surface area contributed by atoms with Gasteiger partial charge in [0.1, 0.15) is 12.8 Å². The highest BCUT2D eigenvalue weighted by atomic mass is 35.5. The number of aliphatic hydroxyl groups excluding tert-OH is 1. The summed E-state index contributed by atoms with van der Waals surface area (Å²) >= 11 is 0. The minimum absolute atomic E-state index is 0. The molecule has 1 aliphatic rings. The Labute approximate surface area is 304 Å². The maximum absolute atomic E-state index is 12.3. The van der Waals surface area contributed by atoms with Crippen molar-refractivity contribution in [3.8, 4) is 0 Å². The van der Waals surface area contributed by atoms with Gasteiger partial charge in [0.25, 0.3) is 0 Å². The number of β-amino-alcohol motifs (C(OH)–C–C–N with tert-alkyl or cyclic N) is 1. The van der Waals surface area contributed by atoms with Gasteiger partial charge in [-0.3, -0.25) is 4.79 Å². The molecule has 0 aromatic heterocycles. The molecule has 0 radical (unpaired) electrons. The smallest absolute Gasteiger partial charge is 0.305 e. The zero-order chi connectivity index (χ0) is 33.9. The molecule has 0 amide bonds. The first-order valence-electron chi connectivity index (χ1n) is 20.5. The fraction of sp³-hybridized carbons (Fsp3) is 0.833. The van der Waals surface area contributed by atoms with Gasteiger partial charge in [-0.05, 0) is 70.6 Å². The van der Waals surface area contributed by atoms with Crippen LogP contribution < -0.4 is 12.4 Å². The number of carbonyl (C=O) groups is 1. The van der Waals surface area contributed by atoms with Gasteiger partial charge in [-0.15, -0.1) is 0 Å². The van der Waals surface area contributed by atoms with Crippen molar-refractivity contribution in [2.75, 3.05) is 26.3 Å². The van der Waals surface area contributed by atoms with E-state index in [-0.39, 0.29) is 31.1 Å². The summed E-state index contributed by atoms with van der Waals surface area (Å²) in [4.78, 5) is 16.8. The number of rotatable bonds is 35. The molecule has 0 saturated heterocycles. The van der Waals surface area contributed by atoms with Crippen molar-refractivity contribution in [1.82, 2.24) is 9.80 Å². The highest BCUT2D eigenvalue weighted by Gasteiger charge is 2.25. The molecule has 0 fully saturated rings. The minimum atomic E-state index is -0.0631. The number of aliphatic hydroxyl groups is 1. The Morgan fingerprint density at radius 3 is 1.44 bits per heavy atom. The largest absolute Gasteiger partial charge is 1.00 e. The highest BCUT2D eigenvalue weighted by molar-refractivity contribution is 5.69. The number of unbranched alkanes of at least 4 members (excludes halogenated alkanes) is 22. The van der Waals surface area contributed by atoms with Gasteiger partial charge in [0, 0.05) is 25.4 Å². The number of hydrogen-bond donors (Lipinski definition) is 1. The topological polar surface area (TPSA) is 53.0 Å². The molecule has 48 heavy (non-hydrogen) atoms. The van der Waals surface area contributed by atoms with Gasteiger partial charge >= 0.3 is 5.97 Å². The average molecular weight is 695 g/mol. The molecule has 0 aromatic rings. The molecule has 0 saturated carbocycles. The van der Waals surface area contributed by atoms with Gasteiger partial charge in [-0.1, -0.05) is 141 Å².